The predicted molar refractivity (Wildman–Crippen MR) is 112 cm³/mol. The normalized spacial score (nSPS) is 12.5. The molecule has 0 saturated carbocycles. The number of hydrogen-bond donors (Lipinski definition) is 1. The van der Waals surface area contributed by atoms with Gasteiger partial charge in [0.2, 0.25) is 0 Å². The Morgan fingerprint density at radius 3 is 1.63 bits per heavy atom. The van der Waals surface area contributed by atoms with Gasteiger partial charge in [0.05, 0.1) is 0 Å². The lowest BCUT2D eigenvalue weighted by atomic mass is 10.0. The first-order chi connectivity index (χ1) is 13.1. The van der Waals surface area contributed by atoms with E-state index >= 15 is 0 Å². The molecule has 0 saturated heterocycles. The predicted octanol–water partition coefficient (Wildman–Crippen LogP) is 6.92. The molecule has 0 aromatic rings. The molecule has 1 N–H and O–H groups in total. The average molecular weight is 384 g/mol. The molecule has 5 nitrogen and oxygen atoms in total. The summed E-state index contributed by atoms with van der Waals surface area (Å²) in [7, 11) is 0. The van der Waals surface area contributed by atoms with Gasteiger partial charge in [-0.1, -0.05) is 89.7 Å². The SMILES string of the molecule is CCCCCCCCC=CCCCCCCCCCCC(C(=O)O)[N+](=O)[O-]. The first-order valence-corrected chi connectivity index (χ1v) is 11.1. The van der Waals surface area contributed by atoms with Gasteiger partial charge in [-0.2, -0.15) is 0 Å². The van der Waals surface area contributed by atoms with Gasteiger partial charge < -0.3 is 5.11 Å². The molecule has 1 unspecified atom stereocenters. The summed E-state index contributed by atoms with van der Waals surface area (Å²) in [5.74, 6) is -1.32. The van der Waals surface area contributed by atoms with Gasteiger partial charge in [0, 0.05) is 11.3 Å². The van der Waals surface area contributed by atoms with E-state index in [1.165, 1.54) is 77.0 Å². The largest absolute Gasteiger partial charge is 0.476 e. The van der Waals surface area contributed by atoms with Crippen LogP contribution in [0, 0.1) is 10.1 Å². The van der Waals surface area contributed by atoms with Gasteiger partial charge in [0.25, 0.3) is 0 Å². The molecule has 0 fully saturated rings. The molecule has 0 radical (unpaired) electrons. The number of nitro groups is 1. The molecular formula is C22H41NO4. The highest BCUT2D eigenvalue weighted by Gasteiger charge is 2.27. The number of rotatable bonds is 20. The number of nitrogens with zero attached hydrogens (tertiary/aromatic N) is 1. The third kappa shape index (κ3) is 17.8. The molecule has 0 amide bonds. The second kappa shape index (κ2) is 19.4. The molecule has 0 aromatic heterocycles. The number of carboxylic acids is 1. The molecule has 0 aliphatic heterocycles. The van der Waals surface area contributed by atoms with E-state index in [9.17, 15) is 14.9 Å². The van der Waals surface area contributed by atoms with Crippen molar-refractivity contribution in [3.63, 3.8) is 0 Å². The molecule has 27 heavy (non-hydrogen) atoms. The second-order valence-electron chi connectivity index (χ2n) is 7.57. The second-order valence-corrected chi connectivity index (χ2v) is 7.57. The highest BCUT2D eigenvalue weighted by atomic mass is 16.6. The van der Waals surface area contributed by atoms with E-state index < -0.39 is 16.9 Å². The Morgan fingerprint density at radius 1 is 0.815 bits per heavy atom. The van der Waals surface area contributed by atoms with Crippen molar-refractivity contribution in [1.82, 2.24) is 0 Å². The average Bonchev–Trinajstić information content (AvgIpc) is 2.63. The minimum atomic E-state index is -1.43. The van der Waals surface area contributed by atoms with Gasteiger partial charge in [0.15, 0.2) is 0 Å². The smallest absolute Gasteiger partial charge is 0.379 e. The third-order valence-corrected chi connectivity index (χ3v) is 5.03. The number of aliphatic carboxylic acids is 1. The summed E-state index contributed by atoms with van der Waals surface area (Å²) in [5.41, 5.74) is 0. The molecule has 1 atom stereocenters. The molecule has 0 rings (SSSR count). The molecule has 0 spiro atoms. The lowest BCUT2D eigenvalue weighted by molar-refractivity contribution is -0.511. The number of carbonyl (C=O) groups is 1. The maximum absolute atomic E-state index is 10.7. The van der Waals surface area contributed by atoms with Crippen LogP contribution in [0.25, 0.3) is 0 Å². The van der Waals surface area contributed by atoms with E-state index in [2.05, 4.69) is 19.1 Å². The molecule has 158 valence electrons. The fourth-order valence-corrected chi connectivity index (χ4v) is 3.26. The Morgan fingerprint density at radius 2 is 1.22 bits per heavy atom. The van der Waals surface area contributed by atoms with E-state index in [0.717, 1.165) is 19.3 Å². The Bertz CT molecular complexity index is 382. The maximum atomic E-state index is 10.7. The third-order valence-electron chi connectivity index (χ3n) is 5.03. The Hall–Kier alpha value is -1.39. The van der Waals surface area contributed by atoms with Gasteiger partial charge >= 0.3 is 12.0 Å². The number of hydrogen-bond acceptors (Lipinski definition) is 3. The Kier molecular flexibility index (Phi) is 18.4. The molecular weight excluding hydrogens is 342 g/mol. The van der Waals surface area contributed by atoms with E-state index in [-0.39, 0.29) is 6.42 Å². The number of allylic oxidation sites excluding steroid dienone is 2. The summed E-state index contributed by atoms with van der Waals surface area (Å²) in [6.07, 6.45) is 24.1. The minimum Gasteiger partial charge on any atom is -0.476 e. The molecule has 0 heterocycles. The molecule has 0 aliphatic carbocycles. The summed E-state index contributed by atoms with van der Waals surface area (Å²) >= 11 is 0. The standard InChI is InChI=1S/C22H41NO4/c1-2-3-4-5-6-7-8-9-10-11-12-13-14-15-16-17-18-19-20-21(22(24)25)23(26)27/h9-10,21H,2-8,11-20H2,1H3,(H,24,25). The summed E-state index contributed by atoms with van der Waals surface area (Å²) in [5, 5.41) is 19.3. The van der Waals surface area contributed by atoms with Crippen LogP contribution in [-0.4, -0.2) is 22.0 Å². The van der Waals surface area contributed by atoms with Crippen molar-refractivity contribution in [1.29, 1.82) is 0 Å². The van der Waals surface area contributed by atoms with Crippen LogP contribution in [0.3, 0.4) is 0 Å². The van der Waals surface area contributed by atoms with E-state index in [0.29, 0.717) is 6.42 Å². The fourth-order valence-electron chi connectivity index (χ4n) is 3.26. The van der Waals surface area contributed by atoms with Crippen molar-refractivity contribution in [3.05, 3.63) is 22.3 Å². The lowest BCUT2D eigenvalue weighted by Crippen LogP contribution is -2.28. The quantitative estimate of drug-likeness (QED) is 0.107. The van der Waals surface area contributed by atoms with Crippen LogP contribution < -0.4 is 0 Å². The summed E-state index contributed by atoms with van der Waals surface area (Å²) in [6, 6.07) is -1.43. The lowest BCUT2D eigenvalue weighted by Gasteiger charge is -2.04. The van der Waals surface area contributed by atoms with Crippen molar-refractivity contribution in [2.75, 3.05) is 0 Å². The van der Waals surface area contributed by atoms with Crippen LogP contribution in [0.5, 0.6) is 0 Å². The highest BCUT2D eigenvalue weighted by Crippen LogP contribution is 2.13. The molecule has 5 heteroatoms. The minimum absolute atomic E-state index is 0.146. The topological polar surface area (TPSA) is 80.4 Å². The fraction of sp³-hybridized carbons (Fsp3) is 0.864. The van der Waals surface area contributed by atoms with E-state index in [1.54, 1.807) is 0 Å². The van der Waals surface area contributed by atoms with Crippen molar-refractivity contribution in [2.45, 2.75) is 122 Å². The van der Waals surface area contributed by atoms with Crippen LogP contribution in [0.2, 0.25) is 0 Å². The van der Waals surface area contributed by atoms with Gasteiger partial charge in [-0.05, 0) is 32.1 Å². The zero-order chi connectivity index (χ0) is 20.2. The van der Waals surface area contributed by atoms with Crippen LogP contribution in [0.4, 0.5) is 0 Å². The van der Waals surface area contributed by atoms with Crippen LogP contribution in [0.15, 0.2) is 12.2 Å². The van der Waals surface area contributed by atoms with Crippen molar-refractivity contribution >= 4 is 5.97 Å². The Labute approximate surface area is 165 Å². The van der Waals surface area contributed by atoms with Crippen LogP contribution in [0.1, 0.15) is 116 Å². The molecule has 0 aromatic carbocycles. The van der Waals surface area contributed by atoms with E-state index in [4.69, 9.17) is 5.11 Å². The van der Waals surface area contributed by atoms with Gasteiger partial charge in [-0.3, -0.25) is 10.1 Å². The summed E-state index contributed by atoms with van der Waals surface area (Å²) in [4.78, 5) is 20.6. The van der Waals surface area contributed by atoms with Crippen molar-refractivity contribution in [2.24, 2.45) is 0 Å². The van der Waals surface area contributed by atoms with Crippen LogP contribution >= 0.6 is 0 Å². The highest BCUT2D eigenvalue weighted by molar-refractivity contribution is 5.71. The van der Waals surface area contributed by atoms with Crippen LogP contribution in [-0.2, 0) is 4.79 Å². The summed E-state index contributed by atoms with van der Waals surface area (Å²) in [6.45, 7) is 2.25. The van der Waals surface area contributed by atoms with Crippen molar-refractivity contribution in [3.8, 4) is 0 Å². The molecule has 0 aliphatic rings. The Balaban J connectivity index is 3.28. The first kappa shape index (κ1) is 25.6. The van der Waals surface area contributed by atoms with Gasteiger partial charge in [-0.15, -0.1) is 0 Å². The monoisotopic (exact) mass is 383 g/mol. The summed E-state index contributed by atoms with van der Waals surface area (Å²) < 4.78 is 0. The molecule has 0 bridgehead atoms. The van der Waals surface area contributed by atoms with E-state index in [1.807, 2.05) is 0 Å². The number of carboxylic acid groups (broad SMARTS) is 1. The first-order valence-electron chi connectivity index (χ1n) is 11.1. The maximum Gasteiger partial charge on any atom is 0.379 e. The van der Waals surface area contributed by atoms with Crippen molar-refractivity contribution < 1.29 is 14.8 Å². The van der Waals surface area contributed by atoms with Gasteiger partial charge in [-0.25, -0.2) is 4.79 Å². The zero-order valence-electron chi connectivity index (χ0n) is 17.4. The van der Waals surface area contributed by atoms with Gasteiger partial charge in [0.1, 0.15) is 0 Å². The number of unbranched alkanes of at least 4 members (excludes halogenated alkanes) is 14. The zero-order valence-corrected chi connectivity index (χ0v) is 17.4.